The topological polar surface area (TPSA) is 116 Å². The largest absolute Gasteiger partial charge is 0.506 e. The van der Waals surface area contributed by atoms with E-state index in [4.69, 9.17) is 0 Å². The van der Waals surface area contributed by atoms with Crippen molar-refractivity contribution >= 4 is 38.9 Å². The first-order chi connectivity index (χ1) is 13.3. The number of rotatable bonds is 6. The molecule has 0 aliphatic carbocycles. The van der Waals surface area contributed by atoms with Gasteiger partial charge in [-0.1, -0.05) is 0 Å². The highest BCUT2D eigenvalue weighted by Crippen LogP contribution is 2.30. The molecule has 3 N–H and O–H groups in total. The van der Waals surface area contributed by atoms with Gasteiger partial charge in [0.1, 0.15) is 5.75 Å². The van der Waals surface area contributed by atoms with Gasteiger partial charge in [0.25, 0.3) is 5.91 Å². The van der Waals surface area contributed by atoms with Crippen molar-refractivity contribution in [1.29, 1.82) is 0 Å². The minimum Gasteiger partial charge on any atom is -0.506 e. The van der Waals surface area contributed by atoms with E-state index in [0.717, 1.165) is 17.7 Å². The number of aromatic hydroxyl groups is 1. The van der Waals surface area contributed by atoms with Crippen molar-refractivity contribution < 1.29 is 23.1 Å². The Hall–Kier alpha value is -2.43. The van der Waals surface area contributed by atoms with Gasteiger partial charge in [-0.3, -0.25) is 9.59 Å². The van der Waals surface area contributed by atoms with Crippen LogP contribution in [-0.4, -0.2) is 42.7 Å². The molecular weight excluding hydrogens is 402 g/mol. The van der Waals surface area contributed by atoms with Crippen LogP contribution < -0.4 is 10.6 Å². The van der Waals surface area contributed by atoms with Gasteiger partial charge in [0.15, 0.2) is 0 Å². The number of amides is 2. The molecule has 0 atom stereocenters. The molecule has 0 unspecified atom stereocenters. The van der Waals surface area contributed by atoms with Gasteiger partial charge in [0.05, 0.1) is 22.0 Å². The highest BCUT2D eigenvalue weighted by Gasteiger charge is 2.28. The standard InChI is InChI=1S/C18H21N3O5S2/c1-12(22)19-11-13-4-7-17(27-13)18(24)20-15-10-14(5-6-16(15)23)28(25,26)21-8-2-3-9-21/h4-7,10,23H,2-3,8-9,11H2,1H3,(H,19,22)(H,20,24). The van der Waals surface area contributed by atoms with E-state index in [1.807, 2.05) is 0 Å². The van der Waals surface area contributed by atoms with Crippen molar-refractivity contribution in [3.63, 3.8) is 0 Å². The predicted molar refractivity (Wildman–Crippen MR) is 106 cm³/mol. The van der Waals surface area contributed by atoms with Crippen molar-refractivity contribution in [3.8, 4) is 5.75 Å². The molecular formula is C18H21N3O5S2. The lowest BCUT2D eigenvalue weighted by molar-refractivity contribution is -0.119. The number of phenolic OH excluding ortho intramolecular Hbond substituents is 1. The van der Waals surface area contributed by atoms with E-state index in [9.17, 15) is 23.1 Å². The molecule has 10 heteroatoms. The van der Waals surface area contributed by atoms with Crippen LogP contribution in [0.1, 0.15) is 34.3 Å². The zero-order valence-corrected chi connectivity index (χ0v) is 16.9. The fraction of sp³-hybridized carbons (Fsp3) is 0.333. The summed E-state index contributed by atoms with van der Waals surface area (Å²) in [5, 5.41) is 15.3. The molecule has 2 heterocycles. The van der Waals surface area contributed by atoms with E-state index < -0.39 is 15.9 Å². The van der Waals surface area contributed by atoms with Gasteiger partial charge in [-0.05, 0) is 43.2 Å². The summed E-state index contributed by atoms with van der Waals surface area (Å²) < 4.78 is 26.8. The maximum atomic E-state index is 12.7. The lowest BCUT2D eigenvalue weighted by atomic mass is 10.3. The lowest BCUT2D eigenvalue weighted by Gasteiger charge is -2.16. The number of anilines is 1. The van der Waals surface area contributed by atoms with E-state index >= 15 is 0 Å². The third kappa shape index (κ3) is 4.51. The average molecular weight is 424 g/mol. The highest BCUT2D eigenvalue weighted by molar-refractivity contribution is 7.89. The first-order valence-corrected chi connectivity index (χ1v) is 11.0. The van der Waals surface area contributed by atoms with Gasteiger partial charge in [-0.15, -0.1) is 11.3 Å². The zero-order valence-electron chi connectivity index (χ0n) is 15.3. The molecule has 1 saturated heterocycles. The molecule has 28 heavy (non-hydrogen) atoms. The average Bonchev–Trinajstić information content (AvgIpc) is 3.34. The summed E-state index contributed by atoms with van der Waals surface area (Å²) in [5.41, 5.74) is 0.0297. The van der Waals surface area contributed by atoms with Crippen LogP contribution in [0.25, 0.3) is 0 Å². The molecule has 2 aromatic rings. The Balaban J connectivity index is 1.77. The summed E-state index contributed by atoms with van der Waals surface area (Å²) in [7, 11) is -3.66. The number of carbonyl (C=O) groups excluding carboxylic acids is 2. The molecule has 1 aliphatic rings. The van der Waals surface area contributed by atoms with Gasteiger partial charge >= 0.3 is 0 Å². The Kier molecular flexibility index (Phi) is 6.01. The Bertz CT molecular complexity index is 994. The normalized spacial score (nSPS) is 14.8. The smallest absolute Gasteiger partial charge is 0.265 e. The summed E-state index contributed by atoms with van der Waals surface area (Å²) in [6.07, 6.45) is 1.64. The van der Waals surface area contributed by atoms with Crippen molar-refractivity contribution in [2.75, 3.05) is 18.4 Å². The second-order valence-electron chi connectivity index (χ2n) is 6.42. The second kappa shape index (κ2) is 8.29. The summed E-state index contributed by atoms with van der Waals surface area (Å²) in [4.78, 5) is 24.7. The lowest BCUT2D eigenvalue weighted by Crippen LogP contribution is -2.27. The molecule has 0 radical (unpaired) electrons. The molecule has 0 spiro atoms. The predicted octanol–water partition coefficient (Wildman–Crippen LogP) is 2.13. The molecule has 3 rings (SSSR count). The summed E-state index contributed by atoms with van der Waals surface area (Å²) in [6, 6.07) is 7.19. The van der Waals surface area contributed by atoms with Crippen LogP contribution in [-0.2, 0) is 21.4 Å². The Morgan fingerprint density at radius 2 is 1.89 bits per heavy atom. The van der Waals surface area contributed by atoms with Crippen LogP contribution in [0.2, 0.25) is 0 Å². The quantitative estimate of drug-likeness (QED) is 0.616. The first kappa shape index (κ1) is 20.3. The fourth-order valence-electron chi connectivity index (χ4n) is 2.84. The molecule has 1 aromatic carbocycles. The summed E-state index contributed by atoms with van der Waals surface area (Å²) >= 11 is 1.20. The van der Waals surface area contributed by atoms with Gasteiger partial charge in [0, 0.05) is 24.9 Å². The van der Waals surface area contributed by atoms with E-state index in [1.165, 1.54) is 40.8 Å². The van der Waals surface area contributed by atoms with Crippen molar-refractivity contribution in [2.24, 2.45) is 0 Å². The van der Waals surface area contributed by atoms with Crippen LogP contribution in [0.3, 0.4) is 0 Å². The van der Waals surface area contributed by atoms with Crippen molar-refractivity contribution in [1.82, 2.24) is 9.62 Å². The first-order valence-electron chi connectivity index (χ1n) is 8.75. The number of phenols is 1. The van der Waals surface area contributed by atoms with Gasteiger partial charge in [-0.25, -0.2) is 8.42 Å². The van der Waals surface area contributed by atoms with Crippen LogP contribution in [0.4, 0.5) is 5.69 Å². The molecule has 1 aromatic heterocycles. The van der Waals surface area contributed by atoms with Gasteiger partial charge in [-0.2, -0.15) is 4.31 Å². The third-order valence-corrected chi connectivity index (χ3v) is 7.29. The van der Waals surface area contributed by atoms with E-state index in [2.05, 4.69) is 10.6 Å². The van der Waals surface area contributed by atoms with Gasteiger partial charge < -0.3 is 15.7 Å². The molecule has 2 amide bonds. The number of nitrogens with zero attached hydrogens (tertiary/aromatic N) is 1. The second-order valence-corrected chi connectivity index (χ2v) is 9.53. The van der Waals surface area contributed by atoms with E-state index in [-0.39, 0.29) is 22.2 Å². The van der Waals surface area contributed by atoms with E-state index in [0.29, 0.717) is 24.5 Å². The van der Waals surface area contributed by atoms with Gasteiger partial charge in [0.2, 0.25) is 15.9 Å². The van der Waals surface area contributed by atoms with Crippen LogP contribution in [0, 0.1) is 0 Å². The van der Waals surface area contributed by atoms with Crippen molar-refractivity contribution in [2.45, 2.75) is 31.2 Å². The molecule has 1 aliphatic heterocycles. The Morgan fingerprint density at radius 1 is 1.18 bits per heavy atom. The molecule has 0 saturated carbocycles. The molecule has 8 nitrogen and oxygen atoms in total. The number of hydrogen-bond donors (Lipinski definition) is 3. The highest BCUT2D eigenvalue weighted by atomic mass is 32.2. The third-order valence-electron chi connectivity index (χ3n) is 4.32. The van der Waals surface area contributed by atoms with Crippen LogP contribution in [0.5, 0.6) is 5.75 Å². The number of carbonyl (C=O) groups is 2. The van der Waals surface area contributed by atoms with Crippen molar-refractivity contribution in [3.05, 3.63) is 40.1 Å². The molecule has 1 fully saturated rings. The number of hydrogen-bond acceptors (Lipinski definition) is 6. The fourth-order valence-corrected chi connectivity index (χ4v) is 5.23. The summed E-state index contributed by atoms with van der Waals surface area (Å²) in [5.74, 6) is -0.853. The number of sulfonamides is 1. The maximum absolute atomic E-state index is 12.7. The monoisotopic (exact) mass is 423 g/mol. The van der Waals surface area contributed by atoms with Crippen LogP contribution >= 0.6 is 11.3 Å². The molecule has 150 valence electrons. The van der Waals surface area contributed by atoms with Crippen LogP contribution in [0.15, 0.2) is 35.2 Å². The Morgan fingerprint density at radius 3 is 2.57 bits per heavy atom. The maximum Gasteiger partial charge on any atom is 0.265 e. The van der Waals surface area contributed by atoms with E-state index in [1.54, 1.807) is 12.1 Å². The molecule has 0 bridgehead atoms. The number of benzene rings is 1. The zero-order chi connectivity index (χ0) is 20.3. The summed E-state index contributed by atoms with van der Waals surface area (Å²) in [6.45, 7) is 2.67. The minimum atomic E-state index is -3.66. The Labute approximate surface area is 167 Å². The number of thiophene rings is 1. The SMILES string of the molecule is CC(=O)NCc1ccc(C(=O)Nc2cc(S(=O)(=O)N3CCCC3)ccc2O)s1. The number of nitrogens with one attached hydrogen (secondary N) is 2. The minimum absolute atomic E-state index is 0.0278.